The highest BCUT2D eigenvalue weighted by atomic mass is 16.5. The van der Waals surface area contributed by atoms with E-state index < -0.39 is 0 Å². The Hall–Kier alpha value is -1.99. The zero-order valence-corrected chi connectivity index (χ0v) is 14.0. The molecule has 0 bridgehead atoms. The molecule has 7 nitrogen and oxygen atoms in total. The summed E-state index contributed by atoms with van der Waals surface area (Å²) < 4.78 is 7.94. The number of ether oxygens (including phenoxy) is 1. The van der Waals surface area contributed by atoms with Gasteiger partial charge in [0.15, 0.2) is 0 Å². The summed E-state index contributed by atoms with van der Waals surface area (Å²) in [5.41, 5.74) is 0.949. The van der Waals surface area contributed by atoms with Crippen LogP contribution in [0, 0.1) is 13.8 Å². The van der Waals surface area contributed by atoms with Gasteiger partial charge in [0.05, 0.1) is 12.3 Å². The normalized spacial score (nSPS) is 18.1. The number of anilines is 1. The second kappa shape index (κ2) is 7.06. The van der Waals surface area contributed by atoms with Crippen molar-refractivity contribution in [2.45, 2.75) is 26.5 Å². The number of nitrogens with zero attached hydrogens (tertiary/aromatic N) is 5. The second-order valence-electron chi connectivity index (χ2n) is 5.85. The Balaban J connectivity index is 1.70. The number of imidazole rings is 1. The summed E-state index contributed by atoms with van der Waals surface area (Å²) in [4.78, 5) is 15.5. The minimum Gasteiger partial charge on any atom is -0.369 e. The first-order valence-corrected chi connectivity index (χ1v) is 8.00. The summed E-state index contributed by atoms with van der Waals surface area (Å²) in [6.45, 7) is 8.10. The van der Waals surface area contributed by atoms with Crippen molar-refractivity contribution in [2.75, 3.05) is 38.2 Å². The van der Waals surface area contributed by atoms with Crippen LogP contribution >= 0.6 is 0 Å². The van der Waals surface area contributed by atoms with Gasteiger partial charge >= 0.3 is 0 Å². The van der Waals surface area contributed by atoms with Crippen LogP contribution < -0.4 is 10.2 Å². The topological polar surface area (TPSA) is 68.1 Å². The Morgan fingerprint density at radius 2 is 2.26 bits per heavy atom. The highest BCUT2D eigenvalue weighted by molar-refractivity contribution is 5.39. The summed E-state index contributed by atoms with van der Waals surface area (Å²) in [7, 11) is 2.05. The van der Waals surface area contributed by atoms with E-state index in [-0.39, 0.29) is 6.10 Å². The maximum absolute atomic E-state index is 5.80. The van der Waals surface area contributed by atoms with Crippen LogP contribution in [0.15, 0.2) is 18.5 Å². The second-order valence-corrected chi connectivity index (χ2v) is 5.85. The molecule has 1 unspecified atom stereocenters. The molecule has 1 N–H and O–H groups in total. The molecule has 0 spiro atoms. The standard InChI is InChI=1S/C16H24N6O/c1-12-19-14(15-11-17-5-9-23-15)10-16(20-12)21(3)7-8-22-6-4-18-13(22)2/h4,6,10,15,17H,5,7-9,11H2,1-3H3. The van der Waals surface area contributed by atoms with E-state index in [4.69, 9.17) is 4.74 Å². The van der Waals surface area contributed by atoms with Crippen molar-refractivity contribution in [1.29, 1.82) is 0 Å². The van der Waals surface area contributed by atoms with Gasteiger partial charge in [-0.2, -0.15) is 0 Å². The molecule has 0 aliphatic carbocycles. The zero-order chi connectivity index (χ0) is 16.2. The first-order valence-electron chi connectivity index (χ1n) is 8.00. The molecule has 1 fully saturated rings. The molecule has 2 aromatic rings. The number of hydrogen-bond donors (Lipinski definition) is 1. The number of likely N-dealkylation sites (N-methyl/N-ethyl adjacent to an activating group) is 1. The third-order valence-corrected chi connectivity index (χ3v) is 4.09. The molecule has 1 aliphatic rings. The van der Waals surface area contributed by atoms with E-state index in [0.29, 0.717) is 0 Å². The fourth-order valence-corrected chi connectivity index (χ4v) is 2.70. The predicted molar refractivity (Wildman–Crippen MR) is 88.6 cm³/mol. The molecule has 23 heavy (non-hydrogen) atoms. The van der Waals surface area contributed by atoms with Gasteiger partial charge in [0.1, 0.15) is 23.6 Å². The van der Waals surface area contributed by atoms with Crippen LogP contribution in [0.5, 0.6) is 0 Å². The first kappa shape index (κ1) is 15.9. The summed E-state index contributed by atoms with van der Waals surface area (Å²) in [6, 6.07) is 2.03. The van der Waals surface area contributed by atoms with Crippen molar-refractivity contribution in [3.05, 3.63) is 35.8 Å². The Morgan fingerprint density at radius 3 is 2.96 bits per heavy atom. The number of morpholine rings is 1. The van der Waals surface area contributed by atoms with Gasteiger partial charge in [-0.15, -0.1) is 0 Å². The molecule has 3 rings (SSSR count). The summed E-state index contributed by atoms with van der Waals surface area (Å²) in [5.74, 6) is 2.73. The lowest BCUT2D eigenvalue weighted by molar-refractivity contribution is 0.0249. The third-order valence-electron chi connectivity index (χ3n) is 4.09. The maximum Gasteiger partial charge on any atom is 0.132 e. The van der Waals surface area contributed by atoms with Crippen molar-refractivity contribution < 1.29 is 4.74 Å². The fraction of sp³-hybridized carbons (Fsp3) is 0.562. The molecule has 124 valence electrons. The number of hydrogen-bond acceptors (Lipinski definition) is 6. The van der Waals surface area contributed by atoms with Gasteiger partial charge in [-0.1, -0.05) is 0 Å². The minimum atomic E-state index is 0.00786. The Kier molecular flexibility index (Phi) is 4.88. The van der Waals surface area contributed by atoms with Crippen molar-refractivity contribution in [2.24, 2.45) is 0 Å². The van der Waals surface area contributed by atoms with Crippen molar-refractivity contribution >= 4 is 5.82 Å². The largest absolute Gasteiger partial charge is 0.369 e. The first-order chi connectivity index (χ1) is 11.1. The molecular weight excluding hydrogens is 292 g/mol. The molecule has 1 aliphatic heterocycles. The summed E-state index contributed by atoms with van der Waals surface area (Å²) in [6.07, 6.45) is 3.84. The van der Waals surface area contributed by atoms with E-state index in [0.717, 1.165) is 55.9 Å². The molecule has 0 radical (unpaired) electrons. The van der Waals surface area contributed by atoms with Crippen LogP contribution in [0.4, 0.5) is 5.82 Å². The highest BCUT2D eigenvalue weighted by Gasteiger charge is 2.19. The minimum absolute atomic E-state index is 0.00786. The summed E-state index contributed by atoms with van der Waals surface area (Å²) in [5, 5.41) is 3.34. The van der Waals surface area contributed by atoms with Crippen LogP contribution in [0.3, 0.4) is 0 Å². The number of nitrogens with one attached hydrogen (secondary N) is 1. The van der Waals surface area contributed by atoms with E-state index in [1.165, 1.54) is 0 Å². The molecule has 2 aromatic heterocycles. The quantitative estimate of drug-likeness (QED) is 0.890. The van der Waals surface area contributed by atoms with Crippen LogP contribution in [0.1, 0.15) is 23.4 Å². The SMILES string of the molecule is Cc1nc(C2CNCCO2)cc(N(C)CCn2ccnc2C)n1. The van der Waals surface area contributed by atoms with Gasteiger partial charge < -0.3 is 19.5 Å². The van der Waals surface area contributed by atoms with Crippen molar-refractivity contribution in [1.82, 2.24) is 24.8 Å². The van der Waals surface area contributed by atoms with Crippen LogP contribution in [0.2, 0.25) is 0 Å². The molecule has 3 heterocycles. The van der Waals surface area contributed by atoms with E-state index in [1.54, 1.807) is 0 Å². The van der Waals surface area contributed by atoms with E-state index in [9.17, 15) is 0 Å². The fourth-order valence-electron chi connectivity index (χ4n) is 2.70. The Morgan fingerprint density at radius 1 is 1.39 bits per heavy atom. The van der Waals surface area contributed by atoms with Gasteiger partial charge in [-0.3, -0.25) is 0 Å². The van der Waals surface area contributed by atoms with Gasteiger partial charge in [-0.25, -0.2) is 15.0 Å². The third kappa shape index (κ3) is 3.86. The molecular formula is C16H24N6O. The maximum atomic E-state index is 5.80. The zero-order valence-electron chi connectivity index (χ0n) is 14.0. The average Bonchev–Trinajstić information content (AvgIpc) is 2.98. The van der Waals surface area contributed by atoms with Gasteiger partial charge in [0.25, 0.3) is 0 Å². The molecule has 0 amide bonds. The van der Waals surface area contributed by atoms with Gasteiger partial charge in [0, 0.05) is 51.7 Å². The molecule has 1 atom stereocenters. The van der Waals surface area contributed by atoms with Crippen LogP contribution in [0.25, 0.3) is 0 Å². The molecule has 7 heteroatoms. The van der Waals surface area contributed by atoms with E-state index in [2.05, 4.69) is 36.8 Å². The number of rotatable bonds is 5. The van der Waals surface area contributed by atoms with Crippen LogP contribution in [-0.2, 0) is 11.3 Å². The monoisotopic (exact) mass is 316 g/mol. The molecule has 1 saturated heterocycles. The van der Waals surface area contributed by atoms with E-state index in [1.807, 2.05) is 32.3 Å². The van der Waals surface area contributed by atoms with Gasteiger partial charge in [0.2, 0.25) is 0 Å². The van der Waals surface area contributed by atoms with Gasteiger partial charge in [-0.05, 0) is 13.8 Å². The highest BCUT2D eigenvalue weighted by Crippen LogP contribution is 2.20. The smallest absolute Gasteiger partial charge is 0.132 e. The van der Waals surface area contributed by atoms with E-state index >= 15 is 0 Å². The number of aromatic nitrogens is 4. The Bertz CT molecular complexity index is 650. The summed E-state index contributed by atoms with van der Waals surface area (Å²) >= 11 is 0. The molecule has 0 saturated carbocycles. The van der Waals surface area contributed by atoms with Crippen molar-refractivity contribution in [3.8, 4) is 0 Å². The average molecular weight is 316 g/mol. The molecule has 0 aromatic carbocycles. The lowest BCUT2D eigenvalue weighted by Crippen LogP contribution is -2.34. The lowest BCUT2D eigenvalue weighted by Gasteiger charge is -2.25. The predicted octanol–water partition coefficient (Wildman–Crippen LogP) is 1.09. The Labute approximate surface area is 136 Å². The number of aryl methyl sites for hydroxylation is 2. The van der Waals surface area contributed by atoms with Crippen LogP contribution in [-0.4, -0.2) is 52.8 Å². The van der Waals surface area contributed by atoms with Crippen molar-refractivity contribution in [3.63, 3.8) is 0 Å². The lowest BCUT2D eigenvalue weighted by atomic mass is 10.2.